The van der Waals surface area contributed by atoms with Gasteiger partial charge in [0.2, 0.25) is 10.0 Å². The van der Waals surface area contributed by atoms with Crippen LogP contribution in [0, 0.1) is 11.3 Å². The summed E-state index contributed by atoms with van der Waals surface area (Å²) in [6, 6.07) is 8.61. The Morgan fingerprint density at radius 2 is 2.06 bits per heavy atom. The van der Waals surface area contributed by atoms with Crippen molar-refractivity contribution < 1.29 is 8.42 Å². The van der Waals surface area contributed by atoms with E-state index in [-0.39, 0.29) is 10.8 Å². The summed E-state index contributed by atoms with van der Waals surface area (Å²) in [7, 11) is -3.69. The molecule has 0 unspecified atom stereocenters. The number of sulfonamides is 1. The first-order valence-corrected chi connectivity index (χ1v) is 7.64. The van der Waals surface area contributed by atoms with Crippen molar-refractivity contribution >= 4 is 21.6 Å². The molecule has 0 atom stereocenters. The summed E-state index contributed by atoms with van der Waals surface area (Å²) in [4.78, 5) is 0.154. The average molecular weight is 285 g/mol. The highest BCUT2D eigenvalue weighted by Gasteiger charge is 2.41. The molecular formula is C12H13ClN2O2S. The minimum atomic E-state index is -3.69. The summed E-state index contributed by atoms with van der Waals surface area (Å²) in [5.41, 5.74) is -0.391. The van der Waals surface area contributed by atoms with E-state index in [1.165, 1.54) is 6.07 Å². The van der Waals surface area contributed by atoms with Gasteiger partial charge in [0.05, 0.1) is 11.0 Å². The van der Waals surface area contributed by atoms with Gasteiger partial charge in [0.1, 0.15) is 5.54 Å². The molecule has 1 N–H and O–H groups in total. The van der Waals surface area contributed by atoms with E-state index in [1.54, 1.807) is 18.2 Å². The van der Waals surface area contributed by atoms with Crippen molar-refractivity contribution in [3.05, 3.63) is 29.8 Å². The SMILES string of the molecule is N#CC1(NS(=O)(=O)c2ccccc2CCl)CCC1. The van der Waals surface area contributed by atoms with Crippen molar-refractivity contribution in [2.75, 3.05) is 0 Å². The first kappa shape index (κ1) is 13.3. The Morgan fingerprint density at radius 1 is 1.39 bits per heavy atom. The number of alkyl halides is 1. The molecule has 1 aromatic carbocycles. The Labute approximate surface area is 112 Å². The fourth-order valence-corrected chi connectivity index (χ4v) is 3.89. The van der Waals surface area contributed by atoms with Crippen molar-refractivity contribution in [2.45, 2.75) is 35.6 Å². The lowest BCUT2D eigenvalue weighted by Crippen LogP contribution is -2.52. The van der Waals surface area contributed by atoms with Crippen LogP contribution in [-0.4, -0.2) is 14.0 Å². The first-order valence-electron chi connectivity index (χ1n) is 5.62. The predicted molar refractivity (Wildman–Crippen MR) is 68.5 cm³/mol. The normalized spacial score (nSPS) is 17.8. The highest BCUT2D eigenvalue weighted by molar-refractivity contribution is 7.89. The van der Waals surface area contributed by atoms with E-state index < -0.39 is 15.6 Å². The van der Waals surface area contributed by atoms with Crippen LogP contribution in [0.4, 0.5) is 0 Å². The Kier molecular flexibility index (Phi) is 3.62. The van der Waals surface area contributed by atoms with Crippen LogP contribution in [0.3, 0.4) is 0 Å². The molecule has 0 spiro atoms. The molecule has 96 valence electrons. The van der Waals surface area contributed by atoms with Crippen LogP contribution in [-0.2, 0) is 15.9 Å². The van der Waals surface area contributed by atoms with E-state index in [9.17, 15) is 8.42 Å². The van der Waals surface area contributed by atoms with E-state index in [4.69, 9.17) is 16.9 Å². The lowest BCUT2D eigenvalue weighted by Gasteiger charge is -2.35. The van der Waals surface area contributed by atoms with Gasteiger partial charge < -0.3 is 0 Å². The third-order valence-corrected chi connectivity index (χ3v) is 5.08. The van der Waals surface area contributed by atoms with Gasteiger partial charge in [-0.15, -0.1) is 11.6 Å². The number of halogens is 1. The molecule has 4 nitrogen and oxygen atoms in total. The van der Waals surface area contributed by atoms with Crippen molar-refractivity contribution in [1.29, 1.82) is 5.26 Å². The Hall–Kier alpha value is -1.09. The van der Waals surface area contributed by atoms with Crippen LogP contribution < -0.4 is 4.72 Å². The monoisotopic (exact) mass is 284 g/mol. The van der Waals surface area contributed by atoms with E-state index in [2.05, 4.69) is 10.8 Å². The van der Waals surface area contributed by atoms with Gasteiger partial charge in [-0.25, -0.2) is 8.42 Å². The lowest BCUT2D eigenvalue weighted by atomic mass is 9.79. The molecule has 1 saturated carbocycles. The number of rotatable bonds is 4. The number of nitrogens with zero attached hydrogens (tertiary/aromatic N) is 1. The largest absolute Gasteiger partial charge is 0.242 e. The summed E-state index contributed by atoms with van der Waals surface area (Å²) < 4.78 is 27.0. The summed E-state index contributed by atoms with van der Waals surface area (Å²) in [5, 5.41) is 9.07. The van der Waals surface area contributed by atoms with Crippen LogP contribution in [0.15, 0.2) is 29.2 Å². The summed E-state index contributed by atoms with van der Waals surface area (Å²) in [5.74, 6) is 0.122. The number of benzene rings is 1. The van der Waals surface area contributed by atoms with Gasteiger partial charge in [0.25, 0.3) is 0 Å². The molecule has 18 heavy (non-hydrogen) atoms. The molecule has 2 rings (SSSR count). The number of nitrogens with one attached hydrogen (secondary N) is 1. The second kappa shape index (κ2) is 4.88. The quantitative estimate of drug-likeness (QED) is 0.861. The fourth-order valence-electron chi connectivity index (χ4n) is 1.96. The zero-order chi connectivity index (χ0) is 13.2. The summed E-state index contributed by atoms with van der Waals surface area (Å²) in [6.07, 6.45) is 1.99. The first-order chi connectivity index (χ1) is 8.53. The van der Waals surface area contributed by atoms with Crippen LogP contribution in [0.25, 0.3) is 0 Å². The number of nitriles is 1. The van der Waals surface area contributed by atoms with E-state index in [1.807, 2.05) is 0 Å². The highest BCUT2D eigenvalue weighted by Crippen LogP contribution is 2.33. The smallest absolute Gasteiger partial charge is 0.207 e. The maximum atomic E-state index is 12.3. The molecule has 0 bridgehead atoms. The van der Waals surface area contributed by atoms with Crippen LogP contribution in [0.5, 0.6) is 0 Å². The van der Waals surface area contributed by atoms with Crippen LogP contribution in [0.1, 0.15) is 24.8 Å². The molecule has 6 heteroatoms. The Bertz CT molecular complexity index is 588. The van der Waals surface area contributed by atoms with E-state index in [0.29, 0.717) is 18.4 Å². The third kappa shape index (κ3) is 2.37. The van der Waals surface area contributed by atoms with E-state index in [0.717, 1.165) is 6.42 Å². The van der Waals surface area contributed by atoms with Gasteiger partial charge in [-0.3, -0.25) is 0 Å². The fraction of sp³-hybridized carbons (Fsp3) is 0.417. The Balaban J connectivity index is 2.34. The maximum Gasteiger partial charge on any atom is 0.242 e. The minimum Gasteiger partial charge on any atom is -0.207 e. The summed E-state index contributed by atoms with van der Waals surface area (Å²) in [6.45, 7) is 0. The molecular weight excluding hydrogens is 272 g/mol. The van der Waals surface area contributed by atoms with Crippen LogP contribution in [0.2, 0.25) is 0 Å². The molecule has 1 aliphatic rings. The molecule has 0 heterocycles. The van der Waals surface area contributed by atoms with Crippen molar-refractivity contribution in [1.82, 2.24) is 4.72 Å². The number of hydrogen-bond acceptors (Lipinski definition) is 3. The topological polar surface area (TPSA) is 70.0 Å². The zero-order valence-corrected chi connectivity index (χ0v) is 11.3. The van der Waals surface area contributed by atoms with Gasteiger partial charge in [0, 0.05) is 5.88 Å². The second-order valence-corrected chi connectivity index (χ2v) is 6.31. The second-order valence-electron chi connectivity index (χ2n) is 4.39. The van der Waals surface area contributed by atoms with Crippen molar-refractivity contribution in [3.63, 3.8) is 0 Å². The van der Waals surface area contributed by atoms with Gasteiger partial charge >= 0.3 is 0 Å². The van der Waals surface area contributed by atoms with Crippen LogP contribution >= 0.6 is 11.6 Å². The van der Waals surface area contributed by atoms with E-state index >= 15 is 0 Å². The molecule has 0 saturated heterocycles. The Morgan fingerprint density at radius 3 is 2.56 bits per heavy atom. The average Bonchev–Trinajstić information content (AvgIpc) is 2.34. The molecule has 0 aromatic heterocycles. The molecule has 0 aliphatic heterocycles. The number of hydrogen-bond donors (Lipinski definition) is 1. The predicted octanol–water partition coefficient (Wildman–Crippen LogP) is 2.15. The lowest BCUT2D eigenvalue weighted by molar-refractivity contribution is 0.296. The third-order valence-electron chi connectivity index (χ3n) is 3.16. The maximum absolute atomic E-state index is 12.3. The molecule has 1 fully saturated rings. The van der Waals surface area contributed by atoms with Crippen molar-refractivity contribution in [2.24, 2.45) is 0 Å². The van der Waals surface area contributed by atoms with Crippen molar-refractivity contribution in [3.8, 4) is 6.07 Å². The standard InChI is InChI=1S/C12H13ClN2O2S/c13-8-10-4-1-2-5-11(10)18(16,17)15-12(9-14)6-3-7-12/h1-2,4-5,15H,3,6-8H2. The van der Waals surface area contributed by atoms with Gasteiger partial charge in [-0.05, 0) is 30.9 Å². The molecule has 0 amide bonds. The van der Waals surface area contributed by atoms with Gasteiger partial charge in [-0.2, -0.15) is 9.98 Å². The van der Waals surface area contributed by atoms with Gasteiger partial charge in [0.15, 0.2) is 0 Å². The molecule has 1 aromatic rings. The molecule has 0 radical (unpaired) electrons. The highest BCUT2D eigenvalue weighted by atomic mass is 35.5. The zero-order valence-electron chi connectivity index (χ0n) is 9.69. The summed E-state index contributed by atoms with van der Waals surface area (Å²) >= 11 is 5.73. The minimum absolute atomic E-state index is 0.122. The van der Waals surface area contributed by atoms with Gasteiger partial charge in [-0.1, -0.05) is 18.2 Å². The molecule has 1 aliphatic carbocycles.